The predicted molar refractivity (Wildman–Crippen MR) is 324 cm³/mol. The second kappa shape index (κ2) is 38.2. The fraction of sp³-hybridized carbons (Fsp3) is 0.800. The number of ketones is 2. The molecular weight excluding hydrogens is 1080 g/mol. The SMILES string of the molecule is C/C(=C\C(O)C(O)CC(O)CC(O)C(C)CCC(O)CC(O)CCC(C)C(O)C(C)C(O)C(C)C)C(=O)C(C)/C=C(\C)C(O)C(C)C(O)CCCC(O)C(C)C(O)C(C)CCC(O)CC(O)C/C=C(C)/C(O)=C1/C(=O)/C(=C\C(C)C)N(C)C1=O. The van der Waals surface area contributed by atoms with E-state index in [1.54, 1.807) is 60.6 Å². The monoisotopic (exact) mass is 1200 g/mol. The average Bonchev–Trinajstić information content (AvgIpc) is 3.61. The topological polar surface area (TPSA) is 358 Å². The maximum Gasteiger partial charge on any atom is 0.265 e. The fourth-order valence-corrected chi connectivity index (χ4v) is 11.1. The molecule has 0 aromatic carbocycles. The second-order valence-electron chi connectivity index (χ2n) is 26.1. The van der Waals surface area contributed by atoms with Crippen LogP contribution < -0.4 is 0 Å². The Balaban J connectivity index is 2.59. The molecule has 0 radical (unpaired) electrons. The van der Waals surface area contributed by atoms with Crippen LogP contribution in [0.25, 0.3) is 0 Å². The Morgan fingerprint density at radius 1 is 0.500 bits per heavy atom. The Morgan fingerprint density at radius 2 is 0.964 bits per heavy atom. The van der Waals surface area contributed by atoms with Crippen molar-refractivity contribution in [3.8, 4) is 0 Å². The summed E-state index contributed by atoms with van der Waals surface area (Å²) in [5.74, 6) is -5.20. The van der Waals surface area contributed by atoms with Crippen molar-refractivity contribution < 1.29 is 91.0 Å². The number of Topliss-reactive ketones (excluding diaryl/α,β-unsaturated/α-hetero) is 2. The fourth-order valence-electron chi connectivity index (χ4n) is 11.1. The van der Waals surface area contributed by atoms with Gasteiger partial charge in [0.05, 0.1) is 91.2 Å². The van der Waals surface area contributed by atoms with Crippen molar-refractivity contribution in [1.29, 1.82) is 0 Å². The number of nitrogens with zero attached hydrogens (tertiary/aromatic N) is 1. The number of rotatable bonds is 41. The summed E-state index contributed by atoms with van der Waals surface area (Å²) in [6.45, 7) is 24.4. The van der Waals surface area contributed by atoms with E-state index in [-0.39, 0.29) is 116 Å². The number of hydrogen-bond acceptors (Lipinski definition) is 18. The maximum absolute atomic E-state index is 13.4. The van der Waals surface area contributed by atoms with Crippen LogP contribution in [-0.4, -0.2) is 191 Å². The van der Waals surface area contributed by atoms with Crippen molar-refractivity contribution in [3.05, 3.63) is 58.1 Å². The molecule has 19 heteroatoms. The van der Waals surface area contributed by atoms with Crippen molar-refractivity contribution in [1.82, 2.24) is 4.90 Å². The van der Waals surface area contributed by atoms with Gasteiger partial charge in [0.1, 0.15) is 11.3 Å². The van der Waals surface area contributed by atoms with E-state index in [0.717, 1.165) is 0 Å². The molecule has 1 aliphatic heterocycles. The number of amides is 1. The van der Waals surface area contributed by atoms with E-state index in [2.05, 4.69) is 0 Å². The number of carbonyl (C=O) groups excluding carboxylic acids is 3. The molecule has 21 atom stereocenters. The Morgan fingerprint density at radius 3 is 1.46 bits per heavy atom. The van der Waals surface area contributed by atoms with Gasteiger partial charge >= 0.3 is 0 Å². The smallest absolute Gasteiger partial charge is 0.265 e. The van der Waals surface area contributed by atoms with E-state index >= 15 is 0 Å². The maximum atomic E-state index is 13.4. The molecule has 0 aromatic heterocycles. The lowest BCUT2D eigenvalue weighted by molar-refractivity contribution is -0.123. The lowest BCUT2D eigenvalue weighted by atomic mass is 9.82. The molecule has 1 aliphatic rings. The third-order valence-electron chi connectivity index (χ3n) is 17.5. The Bertz CT molecular complexity index is 2140. The summed E-state index contributed by atoms with van der Waals surface area (Å²) in [4.78, 5) is 40.2. The van der Waals surface area contributed by atoms with Crippen LogP contribution in [-0.2, 0) is 14.4 Å². The van der Waals surface area contributed by atoms with E-state index < -0.39 is 126 Å². The van der Waals surface area contributed by atoms with Crippen LogP contribution >= 0.6 is 0 Å². The Hall–Kier alpha value is -3.25. The van der Waals surface area contributed by atoms with Gasteiger partial charge in [-0.1, -0.05) is 94.4 Å². The summed E-state index contributed by atoms with van der Waals surface area (Å²) in [5, 5.41) is 162. The highest BCUT2D eigenvalue weighted by Crippen LogP contribution is 2.31. The van der Waals surface area contributed by atoms with E-state index in [1.807, 2.05) is 34.6 Å². The first-order valence-electron chi connectivity index (χ1n) is 30.9. The second-order valence-corrected chi connectivity index (χ2v) is 26.1. The first kappa shape index (κ1) is 78.8. The number of likely N-dealkylation sites (N-methyl/N-ethyl adjacent to an activating group) is 1. The number of hydrogen-bond donors (Lipinski definition) is 15. The Labute approximate surface area is 502 Å². The van der Waals surface area contributed by atoms with E-state index in [0.29, 0.717) is 37.7 Å². The molecule has 1 fully saturated rings. The van der Waals surface area contributed by atoms with Gasteiger partial charge in [0.2, 0.25) is 5.78 Å². The van der Waals surface area contributed by atoms with Gasteiger partial charge < -0.3 is 81.5 Å². The highest BCUT2D eigenvalue weighted by molar-refractivity contribution is 6.32. The van der Waals surface area contributed by atoms with E-state index in [4.69, 9.17) is 0 Å². The quantitative estimate of drug-likeness (QED) is 0.0157. The molecule has 84 heavy (non-hydrogen) atoms. The summed E-state index contributed by atoms with van der Waals surface area (Å²) in [6, 6.07) is 0. The zero-order valence-corrected chi connectivity index (χ0v) is 53.4. The van der Waals surface area contributed by atoms with Gasteiger partial charge in [-0.15, -0.1) is 0 Å². The van der Waals surface area contributed by atoms with Crippen LogP contribution in [0.15, 0.2) is 58.1 Å². The Kier molecular flexibility index (Phi) is 35.8. The summed E-state index contributed by atoms with van der Waals surface area (Å²) in [7, 11) is 1.46. The molecule has 1 heterocycles. The highest BCUT2D eigenvalue weighted by atomic mass is 16.3. The third kappa shape index (κ3) is 26.2. The number of carbonyl (C=O) groups is 3. The number of aliphatic hydroxyl groups is 15. The number of likely N-dealkylation sites (tertiary alicyclic amines) is 1. The van der Waals surface area contributed by atoms with Gasteiger partial charge in [0.25, 0.3) is 5.91 Å². The van der Waals surface area contributed by atoms with E-state index in [1.165, 1.54) is 37.9 Å². The highest BCUT2D eigenvalue weighted by Gasteiger charge is 2.40. The zero-order chi connectivity index (χ0) is 64.8. The summed E-state index contributed by atoms with van der Waals surface area (Å²) >= 11 is 0. The van der Waals surface area contributed by atoms with Crippen LogP contribution in [0, 0.1) is 53.3 Å². The number of aliphatic hydroxyl groups excluding tert-OH is 15. The van der Waals surface area contributed by atoms with Gasteiger partial charge in [-0.05, 0) is 157 Å². The van der Waals surface area contributed by atoms with Crippen molar-refractivity contribution in [2.75, 3.05) is 7.05 Å². The van der Waals surface area contributed by atoms with E-state index in [9.17, 15) is 91.0 Å². The zero-order valence-electron chi connectivity index (χ0n) is 53.4. The van der Waals surface area contributed by atoms with Crippen molar-refractivity contribution >= 4 is 17.5 Å². The lowest BCUT2D eigenvalue weighted by Gasteiger charge is -2.31. The van der Waals surface area contributed by atoms with Gasteiger partial charge in [-0.25, -0.2) is 0 Å². The van der Waals surface area contributed by atoms with Crippen LogP contribution in [0.5, 0.6) is 0 Å². The average molecular weight is 1200 g/mol. The number of allylic oxidation sites excluding steroid dienone is 5. The molecule has 15 N–H and O–H groups in total. The molecule has 0 aromatic rings. The summed E-state index contributed by atoms with van der Waals surface area (Å²) in [5.41, 5.74) is 0.649. The van der Waals surface area contributed by atoms with Crippen LogP contribution in [0.2, 0.25) is 0 Å². The van der Waals surface area contributed by atoms with Gasteiger partial charge in [-0.3, -0.25) is 14.4 Å². The van der Waals surface area contributed by atoms with Crippen LogP contribution in [0.4, 0.5) is 0 Å². The largest absolute Gasteiger partial charge is 0.507 e. The molecule has 0 saturated carbocycles. The normalized spacial score (nSPS) is 23.0. The summed E-state index contributed by atoms with van der Waals surface area (Å²) < 4.78 is 0. The van der Waals surface area contributed by atoms with Crippen molar-refractivity contribution in [2.45, 2.75) is 272 Å². The lowest BCUT2D eigenvalue weighted by Crippen LogP contribution is -2.37. The minimum absolute atomic E-state index is 0.000161. The van der Waals surface area contributed by atoms with Gasteiger partial charge in [-0.2, -0.15) is 0 Å². The first-order chi connectivity index (χ1) is 38.9. The molecule has 0 spiro atoms. The van der Waals surface area contributed by atoms with Gasteiger partial charge in [0, 0.05) is 37.1 Å². The third-order valence-corrected chi connectivity index (χ3v) is 17.5. The summed E-state index contributed by atoms with van der Waals surface area (Å²) in [6.07, 6.45) is -5.44. The van der Waals surface area contributed by atoms with Gasteiger partial charge in [0.15, 0.2) is 5.78 Å². The van der Waals surface area contributed by atoms with Crippen LogP contribution in [0.3, 0.4) is 0 Å². The molecule has 19 nitrogen and oxygen atoms in total. The molecule has 0 aliphatic carbocycles. The molecular formula is C65H115NO18. The molecule has 1 saturated heterocycles. The standard InChI is InChI=1S/C65H115NO18/c1-34(2)27-51-64(83)57(65(84)66(51)15)63(82)39(8)22-26-49(70)31-47(68)24-20-37(6)60(79)43(12)52(72)17-16-18-53(73)44(13)62(81)41(10)28-40(9)59(78)42(11)29-55(75)56(76)33-50(71)32-54(74)36(5)19-23-46(67)30-48(69)25-21-38(7)61(80)45(14)58(77)35(3)4/h22,27-29,34-38,40,43-50,52-56,58,60-62,67-77,79-82H,16-21,23-26,30-33H2,1-15H3/b39-22+,41-28+,42-29+,51-27+,63-57+. The first-order valence-corrected chi connectivity index (χ1v) is 30.9. The predicted octanol–water partition coefficient (Wildman–Crippen LogP) is 5.41. The minimum atomic E-state index is -1.52. The molecule has 488 valence electrons. The van der Waals surface area contributed by atoms with Crippen molar-refractivity contribution in [2.24, 2.45) is 53.3 Å². The minimum Gasteiger partial charge on any atom is -0.507 e. The van der Waals surface area contributed by atoms with Crippen molar-refractivity contribution in [3.63, 3.8) is 0 Å². The molecule has 21 unspecified atom stereocenters. The molecule has 0 bridgehead atoms. The molecule has 1 amide bonds. The molecule has 1 rings (SSSR count). The van der Waals surface area contributed by atoms with Crippen LogP contribution in [0.1, 0.15) is 187 Å².